The van der Waals surface area contributed by atoms with Crippen LogP contribution in [0.15, 0.2) is 71.3 Å². The Hall–Kier alpha value is -4.30. The van der Waals surface area contributed by atoms with Crippen molar-refractivity contribution in [3.05, 3.63) is 83.4 Å². The number of amides is 1. The number of hydrogen-bond donors (Lipinski definition) is 1. The van der Waals surface area contributed by atoms with Crippen molar-refractivity contribution >= 4 is 11.9 Å². The Labute approximate surface area is 222 Å². The van der Waals surface area contributed by atoms with E-state index in [1.165, 1.54) is 5.56 Å². The van der Waals surface area contributed by atoms with E-state index in [-0.39, 0.29) is 31.3 Å². The summed E-state index contributed by atoms with van der Waals surface area (Å²) in [5, 5.41) is 6.91. The summed E-state index contributed by atoms with van der Waals surface area (Å²) in [5.74, 6) is 0.318. The molecule has 0 aliphatic heterocycles. The van der Waals surface area contributed by atoms with Gasteiger partial charge >= 0.3 is 5.97 Å². The molecule has 0 bridgehead atoms. The van der Waals surface area contributed by atoms with Crippen LogP contribution in [0.3, 0.4) is 0 Å². The molecule has 0 spiro atoms. The monoisotopic (exact) mass is 513 g/mol. The lowest BCUT2D eigenvalue weighted by molar-refractivity contribution is -0.143. The number of nitrogens with zero attached hydrogens (tertiary/aromatic N) is 2. The van der Waals surface area contributed by atoms with Gasteiger partial charge in [0, 0.05) is 24.8 Å². The molecule has 1 heterocycles. The first-order valence-electron chi connectivity index (χ1n) is 12.5. The topological polar surface area (TPSA) is 104 Å². The molecule has 196 valence electrons. The highest BCUT2D eigenvalue weighted by molar-refractivity contribution is 5.80. The fourth-order valence-corrected chi connectivity index (χ4v) is 4.20. The second-order valence-corrected chi connectivity index (χ2v) is 8.83. The van der Waals surface area contributed by atoms with Crippen LogP contribution in [0, 0.1) is 6.92 Å². The number of benzene rings is 3. The van der Waals surface area contributed by atoms with Crippen molar-refractivity contribution < 1.29 is 23.6 Å². The number of rotatable bonds is 11. The minimum Gasteiger partial charge on any atom is -0.466 e. The number of carbonyl (C=O) groups excluding carboxylic acids is 2. The number of nitrogens with one attached hydrogen (secondary N) is 1. The molecule has 4 rings (SSSR count). The van der Waals surface area contributed by atoms with Gasteiger partial charge in [-0.05, 0) is 59.9 Å². The maximum Gasteiger partial charge on any atom is 0.307 e. The van der Waals surface area contributed by atoms with E-state index < -0.39 is 0 Å². The molecule has 4 aromatic rings. The normalized spacial score (nSPS) is 10.8. The van der Waals surface area contributed by atoms with E-state index in [0.717, 1.165) is 33.4 Å². The van der Waals surface area contributed by atoms with Crippen LogP contribution < -0.4 is 5.32 Å². The summed E-state index contributed by atoms with van der Waals surface area (Å²) in [6, 6.07) is 21.7. The van der Waals surface area contributed by atoms with Crippen LogP contribution in [0.4, 0.5) is 0 Å². The first-order valence-corrected chi connectivity index (χ1v) is 12.5. The van der Waals surface area contributed by atoms with Crippen LogP contribution in [0.25, 0.3) is 34.0 Å². The van der Waals surface area contributed by atoms with Gasteiger partial charge in [-0.25, -0.2) is 0 Å². The summed E-state index contributed by atoms with van der Waals surface area (Å²) < 4.78 is 15.9. The van der Waals surface area contributed by atoms with E-state index in [1.54, 1.807) is 14.0 Å². The van der Waals surface area contributed by atoms with Crippen molar-refractivity contribution in [1.29, 1.82) is 0 Å². The predicted octanol–water partition coefficient (Wildman–Crippen LogP) is 5.14. The maximum absolute atomic E-state index is 12.3. The zero-order valence-electron chi connectivity index (χ0n) is 21.8. The molecule has 38 heavy (non-hydrogen) atoms. The van der Waals surface area contributed by atoms with Crippen LogP contribution >= 0.6 is 0 Å². The first kappa shape index (κ1) is 26.8. The van der Waals surface area contributed by atoms with Crippen molar-refractivity contribution in [2.75, 3.05) is 20.3 Å². The molecule has 8 nitrogen and oxygen atoms in total. The maximum atomic E-state index is 12.3. The number of aryl methyl sites for hydroxylation is 1. The van der Waals surface area contributed by atoms with Gasteiger partial charge in [0.25, 0.3) is 5.89 Å². The third-order valence-electron chi connectivity index (χ3n) is 6.02. The quantitative estimate of drug-likeness (QED) is 0.277. The minimum atomic E-state index is -0.332. The highest BCUT2D eigenvalue weighted by Gasteiger charge is 2.15. The number of esters is 1. The number of methoxy groups -OCH3 is 1. The Morgan fingerprint density at radius 3 is 2.61 bits per heavy atom. The molecular formula is C30H31N3O5. The van der Waals surface area contributed by atoms with Crippen molar-refractivity contribution in [2.24, 2.45) is 0 Å². The average molecular weight is 514 g/mol. The van der Waals surface area contributed by atoms with Gasteiger partial charge in [-0.2, -0.15) is 4.98 Å². The second kappa shape index (κ2) is 12.8. The van der Waals surface area contributed by atoms with Crippen LogP contribution in [0.5, 0.6) is 0 Å². The lowest BCUT2D eigenvalue weighted by Crippen LogP contribution is -2.27. The molecule has 8 heteroatoms. The standard InChI is InChI=1S/C30H31N3O5/c1-4-37-28(35)14-15-31-27(34)17-21-9-7-10-22(16-21)29-32-30(38-33-29)23-12-13-26(24(18-23)19-36-3)25-11-6-5-8-20(25)2/h5-13,16,18H,4,14-15,17,19H2,1-3H3,(H,31,34). The predicted molar refractivity (Wildman–Crippen MR) is 144 cm³/mol. The van der Waals surface area contributed by atoms with E-state index in [4.69, 9.17) is 14.0 Å². The van der Waals surface area contributed by atoms with Gasteiger partial charge in [0.15, 0.2) is 0 Å². The molecule has 1 N–H and O–H groups in total. The third kappa shape index (κ3) is 6.72. The largest absolute Gasteiger partial charge is 0.466 e. The summed E-state index contributed by atoms with van der Waals surface area (Å²) in [7, 11) is 1.67. The van der Waals surface area contributed by atoms with Crippen LogP contribution in [-0.4, -0.2) is 42.3 Å². The Bertz CT molecular complexity index is 1410. The van der Waals surface area contributed by atoms with E-state index >= 15 is 0 Å². The Kier molecular flexibility index (Phi) is 9.00. The van der Waals surface area contributed by atoms with Gasteiger partial charge < -0.3 is 19.3 Å². The van der Waals surface area contributed by atoms with Gasteiger partial charge in [0.1, 0.15) is 0 Å². The van der Waals surface area contributed by atoms with Crippen molar-refractivity contribution in [2.45, 2.75) is 33.3 Å². The molecule has 3 aromatic carbocycles. The molecule has 0 saturated carbocycles. The second-order valence-electron chi connectivity index (χ2n) is 8.83. The fraction of sp³-hybridized carbons (Fsp3) is 0.267. The van der Waals surface area contributed by atoms with Crippen molar-refractivity contribution in [1.82, 2.24) is 15.5 Å². The summed E-state index contributed by atoms with van der Waals surface area (Å²) in [6.07, 6.45) is 0.311. The molecule has 0 fully saturated rings. The Balaban J connectivity index is 1.48. The lowest BCUT2D eigenvalue weighted by Gasteiger charge is -2.12. The molecule has 0 radical (unpaired) electrons. The zero-order valence-corrected chi connectivity index (χ0v) is 21.8. The van der Waals surface area contributed by atoms with Gasteiger partial charge in [-0.15, -0.1) is 0 Å². The summed E-state index contributed by atoms with van der Waals surface area (Å²) in [6.45, 7) is 4.84. The molecule has 0 aliphatic rings. The Morgan fingerprint density at radius 2 is 1.82 bits per heavy atom. The van der Waals surface area contributed by atoms with Crippen LogP contribution in [-0.2, 0) is 32.1 Å². The molecule has 0 aliphatic carbocycles. The zero-order chi connectivity index (χ0) is 26.9. The SMILES string of the molecule is CCOC(=O)CCNC(=O)Cc1cccc(-c2noc(-c3ccc(-c4ccccc4C)c(COC)c3)n2)c1. The van der Waals surface area contributed by atoms with Crippen molar-refractivity contribution in [3.8, 4) is 34.0 Å². The van der Waals surface area contributed by atoms with Crippen molar-refractivity contribution in [3.63, 3.8) is 0 Å². The van der Waals surface area contributed by atoms with Gasteiger partial charge in [0.2, 0.25) is 11.7 Å². The van der Waals surface area contributed by atoms with Gasteiger partial charge in [-0.3, -0.25) is 9.59 Å². The third-order valence-corrected chi connectivity index (χ3v) is 6.02. The summed E-state index contributed by atoms with van der Waals surface area (Å²) in [5.41, 5.74) is 6.80. The molecule has 0 unspecified atom stereocenters. The average Bonchev–Trinajstić information content (AvgIpc) is 3.40. The molecule has 0 saturated heterocycles. The Morgan fingerprint density at radius 1 is 0.974 bits per heavy atom. The van der Waals surface area contributed by atoms with E-state index in [2.05, 4.69) is 40.6 Å². The molecule has 1 aromatic heterocycles. The smallest absolute Gasteiger partial charge is 0.307 e. The summed E-state index contributed by atoms with van der Waals surface area (Å²) >= 11 is 0. The molecule has 1 amide bonds. The first-order chi connectivity index (χ1) is 18.5. The molecule has 0 atom stereocenters. The highest BCUT2D eigenvalue weighted by atomic mass is 16.5. The van der Waals surface area contributed by atoms with E-state index in [0.29, 0.717) is 24.9 Å². The van der Waals surface area contributed by atoms with Gasteiger partial charge in [-0.1, -0.05) is 53.7 Å². The number of carbonyl (C=O) groups is 2. The fourth-order valence-electron chi connectivity index (χ4n) is 4.20. The summed E-state index contributed by atoms with van der Waals surface area (Å²) in [4.78, 5) is 28.3. The van der Waals surface area contributed by atoms with E-state index in [1.807, 2.05) is 48.5 Å². The number of ether oxygens (including phenoxy) is 2. The highest BCUT2D eigenvalue weighted by Crippen LogP contribution is 2.31. The minimum absolute atomic E-state index is 0.142. The van der Waals surface area contributed by atoms with E-state index in [9.17, 15) is 9.59 Å². The van der Waals surface area contributed by atoms with Crippen LogP contribution in [0.2, 0.25) is 0 Å². The lowest BCUT2D eigenvalue weighted by atomic mass is 9.94. The molecular weight excluding hydrogens is 482 g/mol. The van der Waals surface area contributed by atoms with Crippen LogP contribution in [0.1, 0.15) is 30.0 Å². The number of hydrogen-bond acceptors (Lipinski definition) is 7. The van der Waals surface area contributed by atoms with Gasteiger partial charge in [0.05, 0.1) is 26.1 Å². The number of aromatic nitrogens is 2.